The van der Waals surface area contributed by atoms with Gasteiger partial charge in [-0.25, -0.2) is 0 Å². The van der Waals surface area contributed by atoms with Crippen LogP contribution in [0.4, 0.5) is 11.4 Å². The first-order valence-corrected chi connectivity index (χ1v) is 17.3. The summed E-state index contributed by atoms with van der Waals surface area (Å²) < 4.78 is 2.24. The number of fused-ring (bicyclic) bond motifs is 6. The van der Waals surface area contributed by atoms with E-state index in [0.29, 0.717) is 22.6 Å². The topological polar surface area (TPSA) is 79.5 Å². The van der Waals surface area contributed by atoms with Gasteiger partial charge in [0.2, 0.25) is 0 Å². The van der Waals surface area contributed by atoms with Gasteiger partial charge in [-0.3, -0.25) is 0 Å². The molecule has 0 N–H and O–H groups in total. The molecule has 0 bridgehead atoms. The summed E-state index contributed by atoms with van der Waals surface area (Å²) >= 11 is 0. The molecule has 5 nitrogen and oxygen atoms in total. The minimum atomic E-state index is 0.0965. The van der Waals surface area contributed by atoms with Crippen molar-refractivity contribution in [3.05, 3.63) is 167 Å². The summed E-state index contributed by atoms with van der Waals surface area (Å²) in [4.78, 5) is 2.39. The Bertz CT molecular complexity index is 2680. The largest absolute Gasteiger partial charge is 0.333 e. The molecule has 1 aromatic heterocycles. The van der Waals surface area contributed by atoms with Crippen molar-refractivity contribution in [2.45, 2.75) is 25.3 Å². The summed E-state index contributed by atoms with van der Waals surface area (Å²) in [7, 11) is 0. The molecule has 3 atom stereocenters. The third-order valence-electron chi connectivity index (χ3n) is 10.7. The summed E-state index contributed by atoms with van der Waals surface area (Å²) in [6.07, 6.45) is 13.9. The molecule has 0 spiro atoms. The fourth-order valence-electron chi connectivity index (χ4n) is 8.38. The van der Waals surface area contributed by atoms with Gasteiger partial charge in [0.25, 0.3) is 0 Å². The first-order valence-electron chi connectivity index (χ1n) is 17.3. The zero-order valence-electron chi connectivity index (χ0n) is 28.0. The van der Waals surface area contributed by atoms with Crippen molar-refractivity contribution in [3.63, 3.8) is 0 Å². The van der Waals surface area contributed by atoms with Gasteiger partial charge in [-0.2, -0.15) is 15.8 Å². The molecule has 0 saturated heterocycles. The van der Waals surface area contributed by atoms with Crippen molar-refractivity contribution in [2.75, 3.05) is 4.90 Å². The normalized spacial score (nSPS) is 18.8. The van der Waals surface area contributed by atoms with Gasteiger partial charge in [0, 0.05) is 39.3 Å². The molecule has 1 aliphatic heterocycles. The van der Waals surface area contributed by atoms with Crippen LogP contribution in [0.15, 0.2) is 140 Å². The number of hydrogen-bond donors (Lipinski definition) is 0. The highest BCUT2D eigenvalue weighted by Gasteiger charge is 2.37. The lowest BCUT2D eigenvalue weighted by molar-refractivity contribution is 0.745. The Labute approximate surface area is 296 Å². The number of nitriles is 3. The van der Waals surface area contributed by atoms with E-state index in [2.05, 4.69) is 132 Å². The Balaban J connectivity index is 1.18. The summed E-state index contributed by atoms with van der Waals surface area (Å²) in [5, 5.41) is 32.9. The van der Waals surface area contributed by atoms with Crippen LogP contribution >= 0.6 is 0 Å². The molecule has 9 rings (SSSR count). The molecule has 0 saturated carbocycles. The number of nitrogens with zero attached hydrogens (tertiary/aromatic N) is 5. The van der Waals surface area contributed by atoms with E-state index in [1.165, 1.54) is 11.3 Å². The maximum absolute atomic E-state index is 10.6. The number of rotatable bonds is 4. The van der Waals surface area contributed by atoms with Crippen LogP contribution in [0.3, 0.4) is 0 Å². The monoisotopic (exact) mass is 653 g/mol. The maximum Gasteiger partial charge on any atom is 0.0998 e. The molecule has 0 amide bonds. The van der Waals surface area contributed by atoms with Crippen LogP contribution in [0.25, 0.3) is 44.2 Å². The summed E-state index contributed by atoms with van der Waals surface area (Å²) in [5.74, 6) is 0.398. The molecule has 2 heterocycles. The van der Waals surface area contributed by atoms with Gasteiger partial charge >= 0.3 is 0 Å². The van der Waals surface area contributed by atoms with Crippen LogP contribution in [0, 0.1) is 39.9 Å². The molecule has 240 valence electrons. The van der Waals surface area contributed by atoms with Gasteiger partial charge in [-0.05, 0) is 95.3 Å². The highest BCUT2D eigenvalue weighted by molar-refractivity contribution is 6.12. The quantitative estimate of drug-likeness (QED) is 0.190. The number of benzene rings is 5. The lowest BCUT2D eigenvalue weighted by atomic mass is 9.82. The predicted octanol–water partition coefficient (Wildman–Crippen LogP) is 10.8. The van der Waals surface area contributed by atoms with Crippen LogP contribution in [-0.2, 0) is 0 Å². The summed E-state index contributed by atoms with van der Waals surface area (Å²) in [6.45, 7) is 2.18. The molecule has 5 aromatic carbocycles. The van der Waals surface area contributed by atoms with Gasteiger partial charge < -0.3 is 9.47 Å². The maximum atomic E-state index is 10.6. The molecule has 3 unspecified atom stereocenters. The Morgan fingerprint density at radius 1 is 0.686 bits per heavy atom. The lowest BCUT2D eigenvalue weighted by Crippen LogP contribution is -2.28. The van der Waals surface area contributed by atoms with Crippen molar-refractivity contribution in [1.29, 1.82) is 15.8 Å². The SMILES string of the molecule is CC1CC=CC(n2c3ccccc3c3cc(C#N)ccc32)=C1c1cc(C#N)c(-c2ccc(N3c4ccccc4C4C=CC=CC43)cc2)cc1C#N. The Kier molecular flexibility index (Phi) is 7.06. The minimum Gasteiger partial charge on any atom is -0.333 e. The van der Waals surface area contributed by atoms with E-state index in [0.717, 1.165) is 61.9 Å². The Morgan fingerprint density at radius 3 is 2.24 bits per heavy atom. The summed E-state index contributed by atoms with van der Waals surface area (Å²) in [6, 6.07) is 42.2. The van der Waals surface area contributed by atoms with E-state index in [4.69, 9.17) is 0 Å². The first-order chi connectivity index (χ1) is 25.1. The highest BCUT2D eigenvalue weighted by atomic mass is 15.2. The smallest absolute Gasteiger partial charge is 0.0998 e. The van der Waals surface area contributed by atoms with Crippen LogP contribution in [0.5, 0.6) is 0 Å². The molecular formula is C46H31N5. The van der Waals surface area contributed by atoms with Crippen LogP contribution in [0.2, 0.25) is 0 Å². The average molecular weight is 654 g/mol. The van der Waals surface area contributed by atoms with Gasteiger partial charge in [0.15, 0.2) is 0 Å². The Morgan fingerprint density at radius 2 is 1.41 bits per heavy atom. The molecule has 5 heteroatoms. The van der Waals surface area contributed by atoms with Gasteiger partial charge in [-0.15, -0.1) is 0 Å². The van der Waals surface area contributed by atoms with Gasteiger partial charge in [0.1, 0.15) is 0 Å². The predicted molar refractivity (Wildman–Crippen MR) is 205 cm³/mol. The molecule has 51 heavy (non-hydrogen) atoms. The van der Waals surface area contributed by atoms with E-state index in [9.17, 15) is 15.8 Å². The van der Waals surface area contributed by atoms with Crippen LogP contribution in [-0.4, -0.2) is 10.6 Å². The van der Waals surface area contributed by atoms with E-state index >= 15 is 0 Å². The average Bonchev–Trinajstić information content (AvgIpc) is 3.70. The lowest BCUT2D eigenvalue weighted by Gasteiger charge is -2.29. The van der Waals surface area contributed by atoms with Gasteiger partial charge in [0.05, 0.1) is 52.0 Å². The number of para-hydroxylation sites is 2. The van der Waals surface area contributed by atoms with Crippen molar-refractivity contribution in [1.82, 2.24) is 4.57 Å². The second-order valence-corrected chi connectivity index (χ2v) is 13.5. The van der Waals surface area contributed by atoms with E-state index in [1.807, 2.05) is 42.5 Å². The third-order valence-corrected chi connectivity index (χ3v) is 10.7. The van der Waals surface area contributed by atoms with Crippen LogP contribution < -0.4 is 4.90 Å². The second-order valence-electron chi connectivity index (χ2n) is 13.5. The molecule has 0 fully saturated rings. The van der Waals surface area contributed by atoms with Crippen LogP contribution in [0.1, 0.15) is 47.1 Å². The highest BCUT2D eigenvalue weighted by Crippen LogP contribution is 2.48. The third kappa shape index (κ3) is 4.66. The zero-order valence-corrected chi connectivity index (χ0v) is 28.0. The zero-order chi connectivity index (χ0) is 34.6. The van der Waals surface area contributed by atoms with Gasteiger partial charge in [-0.1, -0.05) is 85.8 Å². The fraction of sp³-hybridized carbons (Fsp3) is 0.109. The minimum absolute atomic E-state index is 0.0965. The second kappa shape index (κ2) is 11.9. The molecule has 3 aliphatic rings. The standard InChI is InChI=1S/C46H31N5/c1-29-9-8-16-45(51-43-15-7-4-12-37(43)40-23-30(26-47)17-22-44(40)51)46(29)39-25-32(27-48)38(24-33(39)28-49)31-18-20-34(21-19-31)50-41-13-5-2-10-35(41)36-11-3-6-14-42(36)50/h2-8,10-25,29,35,41H,9H2,1H3. The number of hydrogen-bond acceptors (Lipinski definition) is 4. The van der Waals surface area contributed by atoms with E-state index < -0.39 is 0 Å². The number of anilines is 2. The van der Waals surface area contributed by atoms with Crippen molar-refractivity contribution in [3.8, 4) is 29.3 Å². The molecule has 0 radical (unpaired) electrons. The molecular weight excluding hydrogens is 623 g/mol. The van der Waals surface area contributed by atoms with Crippen molar-refractivity contribution < 1.29 is 0 Å². The first kappa shape index (κ1) is 30.2. The molecule has 2 aliphatic carbocycles. The van der Waals surface area contributed by atoms with Crippen molar-refractivity contribution in [2.24, 2.45) is 5.92 Å². The fourth-order valence-corrected chi connectivity index (χ4v) is 8.38. The summed E-state index contributed by atoms with van der Waals surface area (Å²) in [5.41, 5.74) is 11.7. The number of aromatic nitrogens is 1. The van der Waals surface area contributed by atoms with Crippen molar-refractivity contribution >= 4 is 44.5 Å². The number of allylic oxidation sites excluding steroid dienone is 6. The van der Waals surface area contributed by atoms with E-state index in [1.54, 1.807) is 0 Å². The Hall–Kier alpha value is -6.87. The molecule has 6 aromatic rings. The van der Waals surface area contributed by atoms with E-state index in [-0.39, 0.29) is 12.0 Å².